The van der Waals surface area contributed by atoms with Crippen LogP contribution in [-0.2, 0) is 0 Å². The Labute approximate surface area is 159 Å². The van der Waals surface area contributed by atoms with Crippen molar-refractivity contribution in [3.63, 3.8) is 0 Å². The highest BCUT2D eigenvalue weighted by molar-refractivity contribution is 5.91. The van der Waals surface area contributed by atoms with Gasteiger partial charge in [-0.15, -0.1) is 5.10 Å². The Morgan fingerprint density at radius 3 is 2.37 bits per heavy atom. The van der Waals surface area contributed by atoms with E-state index in [-0.39, 0.29) is 11.7 Å². The van der Waals surface area contributed by atoms with Gasteiger partial charge in [0.1, 0.15) is 0 Å². The Morgan fingerprint density at radius 1 is 1.00 bits per heavy atom. The minimum absolute atomic E-state index is 0.0774. The monoisotopic (exact) mass is 360 g/mol. The van der Waals surface area contributed by atoms with Crippen LogP contribution in [-0.4, -0.2) is 38.7 Å². The van der Waals surface area contributed by atoms with Crippen LogP contribution in [0.4, 0.5) is 0 Å². The summed E-state index contributed by atoms with van der Waals surface area (Å²) in [6.07, 6.45) is 2.07. The second-order valence-corrected chi connectivity index (χ2v) is 7.30. The molecule has 3 aromatic rings. The lowest BCUT2D eigenvalue weighted by Crippen LogP contribution is -2.38. The molecule has 1 fully saturated rings. The van der Waals surface area contributed by atoms with Crippen LogP contribution in [0.25, 0.3) is 17.1 Å². The Morgan fingerprint density at radius 2 is 1.67 bits per heavy atom. The van der Waals surface area contributed by atoms with Crippen molar-refractivity contribution < 1.29 is 4.79 Å². The summed E-state index contributed by atoms with van der Waals surface area (Å²) < 4.78 is 1.80. The number of benzene rings is 2. The first-order chi connectivity index (χ1) is 13.1. The molecule has 2 heterocycles. The second-order valence-electron chi connectivity index (χ2n) is 7.30. The molecule has 27 heavy (non-hydrogen) atoms. The molecule has 0 saturated carbocycles. The summed E-state index contributed by atoms with van der Waals surface area (Å²) in [6, 6.07) is 17.9. The third kappa shape index (κ3) is 3.50. The summed E-state index contributed by atoms with van der Waals surface area (Å²) in [7, 11) is 0. The van der Waals surface area contributed by atoms with Gasteiger partial charge in [-0.3, -0.25) is 4.79 Å². The smallest absolute Gasteiger partial charge is 0.293 e. The zero-order valence-corrected chi connectivity index (χ0v) is 15.8. The summed E-state index contributed by atoms with van der Waals surface area (Å²) in [4.78, 5) is 19.5. The Balaban J connectivity index is 1.76. The summed E-state index contributed by atoms with van der Waals surface area (Å²) in [6.45, 7) is 5.83. The number of hydrogen-bond donors (Lipinski definition) is 0. The fourth-order valence-corrected chi connectivity index (χ4v) is 3.50. The van der Waals surface area contributed by atoms with Crippen LogP contribution in [0.2, 0.25) is 0 Å². The topological polar surface area (TPSA) is 51.0 Å². The maximum absolute atomic E-state index is 13.0. The molecular formula is C22H24N4O. The molecule has 0 radical (unpaired) electrons. The van der Waals surface area contributed by atoms with Crippen LogP contribution in [0.1, 0.15) is 35.9 Å². The van der Waals surface area contributed by atoms with Gasteiger partial charge in [0.05, 0.1) is 5.69 Å². The number of aromatic nitrogens is 3. The Kier molecular flexibility index (Phi) is 4.75. The van der Waals surface area contributed by atoms with Crippen LogP contribution >= 0.6 is 0 Å². The minimum atomic E-state index is -0.0774. The van der Waals surface area contributed by atoms with Gasteiger partial charge in [0.15, 0.2) is 5.82 Å². The zero-order chi connectivity index (χ0) is 18.8. The van der Waals surface area contributed by atoms with Crippen molar-refractivity contribution in [1.82, 2.24) is 19.7 Å². The van der Waals surface area contributed by atoms with Crippen LogP contribution in [0.5, 0.6) is 0 Å². The van der Waals surface area contributed by atoms with E-state index < -0.39 is 0 Å². The van der Waals surface area contributed by atoms with Gasteiger partial charge >= 0.3 is 0 Å². The molecule has 138 valence electrons. The third-order valence-electron chi connectivity index (χ3n) is 5.24. The van der Waals surface area contributed by atoms with Gasteiger partial charge < -0.3 is 4.90 Å². The molecule has 1 amide bonds. The van der Waals surface area contributed by atoms with Crippen molar-refractivity contribution in [3.8, 4) is 17.1 Å². The van der Waals surface area contributed by atoms with Crippen molar-refractivity contribution in [2.24, 2.45) is 5.92 Å². The number of rotatable bonds is 3. The average molecular weight is 360 g/mol. The van der Waals surface area contributed by atoms with E-state index in [0.29, 0.717) is 11.7 Å². The van der Waals surface area contributed by atoms with E-state index in [1.807, 2.05) is 66.4 Å². The van der Waals surface area contributed by atoms with Gasteiger partial charge in [0.2, 0.25) is 5.82 Å². The molecule has 1 aromatic heterocycles. The summed E-state index contributed by atoms with van der Waals surface area (Å²) in [5.41, 5.74) is 2.97. The molecule has 5 nitrogen and oxygen atoms in total. The normalized spacial score (nSPS) is 15.1. The lowest BCUT2D eigenvalue weighted by molar-refractivity contribution is 0.0685. The van der Waals surface area contributed by atoms with Crippen molar-refractivity contribution in [2.75, 3.05) is 13.1 Å². The highest BCUT2D eigenvalue weighted by Crippen LogP contribution is 2.24. The molecule has 2 aromatic carbocycles. The zero-order valence-electron chi connectivity index (χ0n) is 15.8. The summed E-state index contributed by atoms with van der Waals surface area (Å²) in [5.74, 6) is 1.56. The Hall–Kier alpha value is -2.95. The fraction of sp³-hybridized carbons (Fsp3) is 0.318. The number of aryl methyl sites for hydroxylation is 1. The first kappa shape index (κ1) is 17.5. The predicted octanol–water partition coefficient (Wildman–Crippen LogP) is 4.11. The van der Waals surface area contributed by atoms with Crippen LogP contribution in [0, 0.1) is 12.8 Å². The van der Waals surface area contributed by atoms with E-state index in [1.165, 1.54) is 0 Å². The third-order valence-corrected chi connectivity index (χ3v) is 5.24. The number of carbonyl (C=O) groups is 1. The minimum Gasteiger partial charge on any atom is -0.336 e. The van der Waals surface area contributed by atoms with Crippen LogP contribution in [0.15, 0.2) is 54.6 Å². The highest BCUT2D eigenvalue weighted by atomic mass is 16.2. The number of carbonyl (C=O) groups excluding carboxylic acids is 1. The molecule has 0 N–H and O–H groups in total. The molecular weight excluding hydrogens is 336 g/mol. The molecule has 0 atom stereocenters. The number of piperidine rings is 1. The number of hydrogen-bond acceptors (Lipinski definition) is 3. The van der Waals surface area contributed by atoms with E-state index in [0.717, 1.165) is 42.7 Å². The van der Waals surface area contributed by atoms with Crippen LogP contribution in [0.3, 0.4) is 0 Å². The SMILES string of the molecule is Cc1ccccc1-n1nc(C(=O)N2CCC(C)CC2)nc1-c1ccccc1. The lowest BCUT2D eigenvalue weighted by atomic mass is 9.99. The number of likely N-dealkylation sites (tertiary alicyclic amines) is 1. The summed E-state index contributed by atoms with van der Waals surface area (Å²) >= 11 is 0. The molecule has 4 rings (SSSR count). The van der Waals surface area contributed by atoms with E-state index in [1.54, 1.807) is 4.68 Å². The quantitative estimate of drug-likeness (QED) is 0.706. The molecule has 0 spiro atoms. The van der Waals surface area contributed by atoms with Gasteiger partial charge in [-0.05, 0) is 37.3 Å². The standard InChI is InChI=1S/C22H24N4O/c1-16-12-14-25(15-13-16)22(27)20-23-21(18-9-4-3-5-10-18)26(24-20)19-11-7-6-8-17(19)2/h3-11,16H,12-15H2,1-2H3. The van der Waals surface area contributed by atoms with Crippen molar-refractivity contribution in [2.45, 2.75) is 26.7 Å². The van der Waals surface area contributed by atoms with E-state index in [2.05, 4.69) is 17.0 Å². The summed E-state index contributed by atoms with van der Waals surface area (Å²) in [5, 5.41) is 4.63. The first-order valence-electron chi connectivity index (χ1n) is 9.51. The largest absolute Gasteiger partial charge is 0.336 e. The number of nitrogens with zero attached hydrogens (tertiary/aromatic N) is 4. The lowest BCUT2D eigenvalue weighted by Gasteiger charge is -2.29. The van der Waals surface area contributed by atoms with Gasteiger partial charge in [-0.2, -0.15) is 0 Å². The maximum Gasteiger partial charge on any atom is 0.293 e. The van der Waals surface area contributed by atoms with E-state index in [9.17, 15) is 4.79 Å². The molecule has 1 aliphatic rings. The van der Waals surface area contributed by atoms with Gasteiger partial charge in [-0.1, -0.05) is 55.5 Å². The van der Waals surface area contributed by atoms with Crippen LogP contribution < -0.4 is 0 Å². The second kappa shape index (κ2) is 7.35. The van der Waals surface area contributed by atoms with Crippen molar-refractivity contribution in [3.05, 3.63) is 66.0 Å². The first-order valence-corrected chi connectivity index (χ1v) is 9.51. The molecule has 0 bridgehead atoms. The van der Waals surface area contributed by atoms with Crippen molar-refractivity contribution in [1.29, 1.82) is 0 Å². The molecule has 1 saturated heterocycles. The van der Waals surface area contributed by atoms with Gasteiger partial charge in [0.25, 0.3) is 5.91 Å². The van der Waals surface area contributed by atoms with Gasteiger partial charge in [-0.25, -0.2) is 9.67 Å². The Bertz CT molecular complexity index is 940. The van der Waals surface area contributed by atoms with Crippen molar-refractivity contribution >= 4 is 5.91 Å². The van der Waals surface area contributed by atoms with E-state index >= 15 is 0 Å². The number of para-hydroxylation sites is 1. The maximum atomic E-state index is 13.0. The molecule has 1 aliphatic heterocycles. The highest BCUT2D eigenvalue weighted by Gasteiger charge is 2.26. The average Bonchev–Trinajstić information content (AvgIpc) is 3.14. The van der Waals surface area contributed by atoms with Gasteiger partial charge in [0, 0.05) is 18.7 Å². The number of amides is 1. The fourth-order valence-electron chi connectivity index (χ4n) is 3.50. The predicted molar refractivity (Wildman–Crippen MR) is 106 cm³/mol. The van der Waals surface area contributed by atoms with E-state index in [4.69, 9.17) is 0 Å². The molecule has 0 unspecified atom stereocenters. The molecule has 0 aliphatic carbocycles. The molecule has 5 heteroatoms.